The van der Waals surface area contributed by atoms with E-state index in [2.05, 4.69) is 42.6 Å². The monoisotopic (exact) mass is 858 g/mol. The second-order valence-electron chi connectivity index (χ2n) is 22.3. The van der Waals surface area contributed by atoms with Crippen molar-refractivity contribution in [3.63, 3.8) is 0 Å². The zero-order valence-electron chi connectivity index (χ0n) is 39.0. The number of hydrogen-bond donors (Lipinski definition) is 2. The number of hydrogen-bond acceptors (Lipinski definition) is 8. The van der Waals surface area contributed by atoms with Gasteiger partial charge in [0, 0.05) is 49.9 Å². The van der Waals surface area contributed by atoms with Crippen LogP contribution in [-0.2, 0) is 34.2 Å². The van der Waals surface area contributed by atoms with Gasteiger partial charge in [0.25, 0.3) is 0 Å². The smallest absolute Gasteiger partial charge is 0.303 e. The number of amides is 3. The topological polar surface area (TPSA) is 153 Å². The third kappa shape index (κ3) is 8.16. The molecule has 0 aromatic carbocycles. The maximum Gasteiger partial charge on any atom is 0.303 e. The molecule has 0 bridgehead atoms. The van der Waals surface area contributed by atoms with Crippen LogP contribution < -0.4 is 10.0 Å². The van der Waals surface area contributed by atoms with Crippen LogP contribution in [0.3, 0.4) is 0 Å². The fraction of sp³-hybridized carbons (Fsp3) is 0.894. The highest BCUT2D eigenvalue weighted by atomic mass is 32.2. The molecule has 2 saturated heterocycles. The number of piperidine rings is 1. The van der Waals surface area contributed by atoms with Gasteiger partial charge in [0.05, 0.1) is 23.5 Å². The van der Waals surface area contributed by atoms with Gasteiger partial charge in [0.2, 0.25) is 17.7 Å². The maximum atomic E-state index is 15.4. The lowest BCUT2D eigenvalue weighted by molar-refractivity contribution is -0.147. The van der Waals surface area contributed by atoms with Crippen molar-refractivity contribution >= 4 is 39.5 Å². The summed E-state index contributed by atoms with van der Waals surface area (Å²) in [5.74, 6) is -2.14. The summed E-state index contributed by atoms with van der Waals surface area (Å²) in [5.41, 5.74) is -2.11. The molecular formula is C47H79N5O7S. The van der Waals surface area contributed by atoms with E-state index >= 15 is 4.79 Å². The number of carbonyl (C=O) groups excluding carboxylic acids is 5. The Morgan fingerprint density at radius 2 is 1.48 bits per heavy atom. The van der Waals surface area contributed by atoms with Crippen LogP contribution in [0.4, 0.5) is 0 Å². The Bertz CT molecular complexity index is 1780. The molecule has 2 heterocycles. The molecule has 3 amide bonds. The maximum absolute atomic E-state index is 15.4. The zero-order chi connectivity index (χ0) is 44.4. The minimum absolute atomic E-state index is 0.00802. The number of rotatable bonds is 16. The van der Waals surface area contributed by atoms with Crippen LogP contribution >= 0.6 is 0 Å². The molecular weight excluding hydrogens is 779 g/mol. The van der Waals surface area contributed by atoms with Crippen molar-refractivity contribution in [1.82, 2.24) is 24.1 Å². The molecule has 2 spiro atoms. The van der Waals surface area contributed by atoms with Gasteiger partial charge in [0.1, 0.15) is 0 Å². The van der Waals surface area contributed by atoms with E-state index < -0.39 is 44.9 Å². The number of fused-ring (bicyclic) bond motifs is 1. The van der Waals surface area contributed by atoms with E-state index in [9.17, 15) is 27.6 Å². The minimum atomic E-state index is -4.13. The molecule has 2 N–H and O–H groups in total. The molecule has 0 unspecified atom stereocenters. The third-order valence-electron chi connectivity index (χ3n) is 17.5. The van der Waals surface area contributed by atoms with Crippen LogP contribution in [0.25, 0.3) is 0 Å². The molecule has 0 aromatic rings. The Labute approximate surface area is 362 Å². The normalized spacial score (nSPS) is 31.3. The molecule has 6 rings (SSSR count). The van der Waals surface area contributed by atoms with Crippen molar-refractivity contribution < 1.29 is 32.4 Å². The van der Waals surface area contributed by atoms with Gasteiger partial charge in [-0.15, -0.1) is 0 Å². The summed E-state index contributed by atoms with van der Waals surface area (Å²) in [6.07, 6.45) is 12.2. The van der Waals surface area contributed by atoms with Gasteiger partial charge in [-0.05, 0) is 114 Å². The van der Waals surface area contributed by atoms with Crippen molar-refractivity contribution in [2.24, 2.45) is 44.8 Å². The lowest BCUT2D eigenvalue weighted by Gasteiger charge is -2.40. The number of ketones is 2. The fourth-order valence-electron chi connectivity index (χ4n) is 12.9. The van der Waals surface area contributed by atoms with E-state index in [0.717, 1.165) is 81.5 Å². The standard InChI is InChI=1S/C47H79N5O7S/c1-12-33-26-45(33,42(57)49-60(58,59)50(11)30(2)3)28-38(54)36-27-47(44(9,10)46(47)22-18-23-46)29-52(36)41(56)34(43(6,7)8)25-37(53)39(32-19-14-13-15-20-32)48-40(55)35-21-16-17-24-51(35)31(4)5/h30-36,39H,12-29H2,1-11H3,(H,48,55)(H,49,57)/t33-,34-,35+,36+,39+,45-,47-/m1/s1. The summed E-state index contributed by atoms with van der Waals surface area (Å²) < 4.78 is 29.8. The number of carbonyl (C=O) groups is 5. The Hall–Kier alpha value is -2.38. The van der Waals surface area contributed by atoms with Crippen LogP contribution in [0, 0.1) is 44.8 Å². The number of nitrogens with one attached hydrogen (secondary N) is 2. The van der Waals surface area contributed by atoms with Gasteiger partial charge in [-0.3, -0.25) is 28.9 Å². The predicted octanol–water partition coefficient (Wildman–Crippen LogP) is 6.81. The second-order valence-corrected chi connectivity index (χ2v) is 24.0. The van der Waals surface area contributed by atoms with E-state index in [1.807, 2.05) is 27.7 Å². The molecule has 4 aliphatic carbocycles. The predicted molar refractivity (Wildman–Crippen MR) is 234 cm³/mol. The molecule has 60 heavy (non-hydrogen) atoms. The lowest BCUT2D eigenvalue weighted by Crippen LogP contribution is -2.57. The number of likely N-dealkylation sites (tertiary alicyclic amines) is 2. The summed E-state index contributed by atoms with van der Waals surface area (Å²) in [6, 6.07) is -1.91. The fourth-order valence-corrected chi connectivity index (χ4v) is 14.1. The number of nitrogens with zero attached hydrogens (tertiary/aromatic N) is 3. The largest absolute Gasteiger partial charge is 0.345 e. The highest BCUT2D eigenvalue weighted by Crippen LogP contribution is 2.88. The van der Waals surface area contributed by atoms with E-state index in [1.54, 1.807) is 18.7 Å². The van der Waals surface area contributed by atoms with Crippen LogP contribution in [0.15, 0.2) is 0 Å². The van der Waals surface area contributed by atoms with Crippen molar-refractivity contribution in [2.45, 2.75) is 202 Å². The first-order valence-electron chi connectivity index (χ1n) is 23.6. The first kappa shape index (κ1) is 47.1. The molecule has 13 heteroatoms. The van der Waals surface area contributed by atoms with Gasteiger partial charge in [-0.25, -0.2) is 4.72 Å². The molecule has 0 aromatic heterocycles. The first-order valence-corrected chi connectivity index (χ1v) is 25.1. The van der Waals surface area contributed by atoms with Gasteiger partial charge < -0.3 is 10.2 Å². The van der Waals surface area contributed by atoms with Crippen LogP contribution in [0.2, 0.25) is 0 Å². The van der Waals surface area contributed by atoms with Gasteiger partial charge in [-0.1, -0.05) is 80.1 Å². The highest BCUT2D eigenvalue weighted by molar-refractivity contribution is 7.87. The summed E-state index contributed by atoms with van der Waals surface area (Å²) in [6.45, 7) is 21.4. The second kappa shape index (κ2) is 17.0. The Balaban J connectivity index is 1.28. The summed E-state index contributed by atoms with van der Waals surface area (Å²) >= 11 is 0. The summed E-state index contributed by atoms with van der Waals surface area (Å²) in [5, 5.41) is 3.28. The van der Waals surface area contributed by atoms with Gasteiger partial charge in [-0.2, -0.15) is 12.7 Å². The van der Waals surface area contributed by atoms with E-state index in [-0.39, 0.29) is 82.4 Å². The molecule has 2 aliphatic heterocycles. The van der Waals surface area contributed by atoms with Crippen LogP contribution in [0.1, 0.15) is 172 Å². The zero-order valence-corrected chi connectivity index (χ0v) is 39.8. The highest BCUT2D eigenvalue weighted by Gasteiger charge is 2.85. The SMILES string of the molecule is CC[C@@H]1C[C@]1(CC(=O)[C@@H]1C[C@@]2(CN1C(=O)[C@@H](CC(=O)[C@@H](NC(=O)[C@@H]1CCCCN1C(C)C)C1CCCCC1)C(C)(C)C)C(C)(C)C21CCC1)C(=O)NS(=O)(=O)N(C)C(C)C. The first-order chi connectivity index (χ1) is 27.9. The Morgan fingerprint density at radius 3 is 2.00 bits per heavy atom. The average molecular weight is 858 g/mol. The van der Waals surface area contributed by atoms with Crippen LogP contribution in [0.5, 0.6) is 0 Å². The van der Waals surface area contributed by atoms with Crippen LogP contribution in [-0.4, -0.2) is 102 Å². The third-order valence-corrected chi connectivity index (χ3v) is 19.1. The molecule has 6 aliphatic rings. The van der Waals surface area contributed by atoms with E-state index in [4.69, 9.17) is 0 Å². The molecule has 340 valence electrons. The summed E-state index contributed by atoms with van der Waals surface area (Å²) in [4.78, 5) is 77.3. The van der Waals surface area contributed by atoms with Gasteiger partial charge in [0.15, 0.2) is 11.6 Å². The molecule has 0 radical (unpaired) electrons. The molecule has 6 fully saturated rings. The average Bonchev–Trinajstić information content (AvgIpc) is 3.89. The van der Waals surface area contributed by atoms with Crippen molar-refractivity contribution in [2.75, 3.05) is 20.1 Å². The van der Waals surface area contributed by atoms with Crippen molar-refractivity contribution in [1.29, 1.82) is 0 Å². The lowest BCUT2D eigenvalue weighted by atomic mass is 9.73. The Kier molecular flexibility index (Phi) is 13.3. The Morgan fingerprint density at radius 1 is 0.850 bits per heavy atom. The molecule has 12 nitrogen and oxygen atoms in total. The van der Waals surface area contributed by atoms with E-state index in [1.165, 1.54) is 7.05 Å². The molecule has 4 saturated carbocycles. The van der Waals surface area contributed by atoms with Gasteiger partial charge >= 0.3 is 10.2 Å². The minimum Gasteiger partial charge on any atom is -0.345 e. The van der Waals surface area contributed by atoms with Crippen molar-refractivity contribution in [3.8, 4) is 0 Å². The quantitative estimate of drug-likeness (QED) is 0.172. The summed E-state index contributed by atoms with van der Waals surface area (Å²) in [7, 11) is -2.70. The molecule has 7 atom stereocenters. The van der Waals surface area contributed by atoms with E-state index in [0.29, 0.717) is 25.8 Å². The number of Topliss-reactive ketones (excluding diaryl/α,β-unsaturated/α-hetero) is 2. The van der Waals surface area contributed by atoms with Crippen molar-refractivity contribution in [3.05, 3.63) is 0 Å².